The van der Waals surface area contributed by atoms with Crippen molar-refractivity contribution in [2.45, 2.75) is 12.8 Å². The minimum Gasteiger partial charge on any atom is -0.481 e. The minimum absolute atomic E-state index is 0.162. The molecule has 0 heterocycles. The van der Waals surface area contributed by atoms with E-state index in [4.69, 9.17) is 11.5 Å². The van der Waals surface area contributed by atoms with Gasteiger partial charge in [0.15, 0.2) is 5.12 Å². The van der Waals surface area contributed by atoms with Crippen LogP contribution in [0.4, 0.5) is 0 Å². The second-order valence-electron chi connectivity index (χ2n) is 1.76. The molecule has 0 saturated heterocycles. The summed E-state index contributed by atoms with van der Waals surface area (Å²) in [6.45, 7) is 0. The summed E-state index contributed by atoms with van der Waals surface area (Å²) < 4.78 is 0. The lowest BCUT2D eigenvalue weighted by Crippen LogP contribution is -2.02. The molecule has 4 heteroatoms. The summed E-state index contributed by atoms with van der Waals surface area (Å²) in [6, 6.07) is 0. The van der Waals surface area contributed by atoms with Gasteiger partial charge in [-0.3, -0.25) is 9.59 Å². The number of carbonyl (C=O) groups excluding carboxylic acids is 1. The Balaban J connectivity index is 3.39. The first kappa shape index (κ1) is 10.0. The molecule has 60 valence electrons. The molecule has 0 amide bonds. The summed E-state index contributed by atoms with van der Waals surface area (Å²) in [6.07, 6.45) is 5.54. The van der Waals surface area contributed by atoms with Crippen LogP contribution in [0.3, 0.4) is 0 Å². The topological polar surface area (TPSA) is 54.4 Å². The predicted octanol–water partition coefficient (Wildman–Crippen LogP) is 0.744. The molecule has 0 aliphatic heterocycles. The third-order valence-corrected chi connectivity index (χ3v) is 1.75. The van der Waals surface area contributed by atoms with Gasteiger partial charge in [0.1, 0.15) is 0 Å². The number of carboxylic acids is 1. The highest BCUT2D eigenvalue weighted by Crippen LogP contribution is 2.05. The van der Waals surface area contributed by atoms with Crippen LogP contribution in [0.1, 0.15) is 12.8 Å². The van der Waals surface area contributed by atoms with Crippen LogP contribution in [-0.4, -0.2) is 21.9 Å². The van der Waals surface area contributed by atoms with E-state index in [2.05, 4.69) is 5.92 Å². The Kier molecular flexibility index (Phi) is 5.30. The normalized spacial score (nSPS) is 8.64. The minimum atomic E-state index is -0.982. The molecule has 0 fully saturated rings. The molecule has 0 atom stereocenters. The van der Waals surface area contributed by atoms with E-state index in [0.717, 1.165) is 11.8 Å². The van der Waals surface area contributed by atoms with Crippen LogP contribution in [0.5, 0.6) is 0 Å². The van der Waals surface area contributed by atoms with Crippen LogP contribution < -0.4 is 0 Å². The first-order valence-corrected chi connectivity index (χ1v) is 3.96. The maximum absolute atomic E-state index is 10.7. The van der Waals surface area contributed by atoms with Gasteiger partial charge in [0, 0.05) is 12.8 Å². The van der Waals surface area contributed by atoms with Crippen molar-refractivity contribution in [3.8, 4) is 12.3 Å². The van der Waals surface area contributed by atoms with Crippen molar-refractivity contribution in [2.24, 2.45) is 0 Å². The van der Waals surface area contributed by atoms with Crippen LogP contribution >= 0.6 is 11.8 Å². The van der Waals surface area contributed by atoms with E-state index in [1.165, 1.54) is 0 Å². The summed E-state index contributed by atoms with van der Waals surface area (Å²) in [7, 11) is 0. The van der Waals surface area contributed by atoms with Crippen LogP contribution in [0.15, 0.2) is 0 Å². The Hall–Kier alpha value is -0.950. The van der Waals surface area contributed by atoms with E-state index in [0.29, 0.717) is 6.42 Å². The first-order valence-electron chi connectivity index (χ1n) is 2.97. The summed E-state index contributed by atoms with van der Waals surface area (Å²) in [5.41, 5.74) is 0. The first-order chi connectivity index (χ1) is 5.16. The quantitative estimate of drug-likeness (QED) is 0.635. The Morgan fingerprint density at radius 3 is 2.64 bits per heavy atom. The molecule has 11 heavy (non-hydrogen) atoms. The van der Waals surface area contributed by atoms with Gasteiger partial charge in [-0.1, -0.05) is 11.8 Å². The highest BCUT2D eigenvalue weighted by molar-refractivity contribution is 8.14. The van der Waals surface area contributed by atoms with Gasteiger partial charge in [-0.15, -0.1) is 12.3 Å². The van der Waals surface area contributed by atoms with E-state index in [-0.39, 0.29) is 17.3 Å². The summed E-state index contributed by atoms with van der Waals surface area (Å²) in [5.74, 6) is 1.15. The predicted molar refractivity (Wildman–Crippen MR) is 43.2 cm³/mol. The van der Waals surface area contributed by atoms with Crippen molar-refractivity contribution in [3.05, 3.63) is 0 Å². The lowest BCUT2D eigenvalue weighted by atomic mass is 10.3. The van der Waals surface area contributed by atoms with Crippen LogP contribution in [-0.2, 0) is 9.59 Å². The molecule has 0 unspecified atom stereocenters. The molecule has 0 radical (unpaired) electrons. The Labute approximate surface area is 69.2 Å². The zero-order valence-electron chi connectivity index (χ0n) is 5.87. The Morgan fingerprint density at radius 2 is 2.18 bits per heavy atom. The molecule has 0 rings (SSSR count). The van der Waals surface area contributed by atoms with E-state index in [9.17, 15) is 9.59 Å². The molecule has 0 aromatic rings. The van der Waals surface area contributed by atoms with E-state index in [1.807, 2.05) is 0 Å². The van der Waals surface area contributed by atoms with Crippen molar-refractivity contribution in [1.29, 1.82) is 0 Å². The van der Waals surface area contributed by atoms with Gasteiger partial charge in [-0.05, 0) is 0 Å². The zero-order chi connectivity index (χ0) is 8.69. The zero-order valence-corrected chi connectivity index (χ0v) is 6.69. The number of thioether (sulfide) groups is 1. The second-order valence-corrected chi connectivity index (χ2v) is 2.79. The molecule has 0 saturated carbocycles. The van der Waals surface area contributed by atoms with Gasteiger partial charge < -0.3 is 5.11 Å². The lowest BCUT2D eigenvalue weighted by Gasteiger charge is -1.92. The van der Waals surface area contributed by atoms with Crippen molar-refractivity contribution in [1.82, 2.24) is 0 Å². The average molecular weight is 172 g/mol. The van der Waals surface area contributed by atoms with E-state index in [1.54, 1.807) is 0 Å². The smallest absolute Gasteiger partial charge is 0.313 e. The van der Waals surface area contributed by atoms with Crippen molar-refractivity contribution >= 4 is 22.8 Å². The Bertz CT molecular complexity index is 192. The van der Waals surface area contributed by atoms with E-state index >= 15 is 0 Å². The SMILES string of the molecule is C#CCCC(=O)SCC(=O)O. The number of carbonyl (C=O) groups is 2. The number of carboxylic acid groups (broad SMARTS) is 1. The maximum Gasteiger partial charge on any atom is 0.313 e. The summed E-state index contributed by atoms with van der Waals surface area (Å²) >= 11 is 0.790. The third-order valence-electron chi connectivity index (χ3n) is 0.830. The van der Waals surface area contributed by atoms with Gasteiger partial charge >= 0.3 is 5.97 Å². The number of hydrogen-bond donors (Lipinski definition) is 1. The number of terminal acetylenes is 1. The molecular weight excluding hydrogens is 164 g/mol. The standard InChI is InChI=1S/C7H8O3S/c1-2-3-4-7(10)11-5-6(8)9/h1H,3-5H2,(H,8,9). The fourth-order valence-corrected chi connectivity index (χ4v) is 0.919. The third kappa shape index (κ3) is 6.94. The monoisotopic (exact) mass is 172 g/mol. The molecule has 1 N–H and O–H groups in total. The Morgan fingerprint density at radius 1 is 1.55 bits per heavy atom. The molecule has 0 aliphatic carbocycles. The van der Waals surface area contributed by atoms with Crippen LogP contribution in [0, 0.1) is 12.3 Å². The molecule has 0 spiro atoms. The number of rotatable bonds is 4. The van der Waals surface area contributed by atoms with Gasteiger partial charge in [-0.2, -0.15) is 0 Å². The average Bonchev–Trinajstić information content (AvgIpc) is 1.97. The van der Waals surface area contributed by atoms with Crippen molar-refractivity contribution in [2.75, 3.05) is 5.75 Å². The molecule has 3 nitrogen and oxygen atoms in total. The fraction of sp³-hybridized carbons (Fsp3) is 0.429. The summed E-state index contributed by atoms with van der Waals surface area (Å²) in [5, 5.41) is 8.01. The fourth-order valence-electron chi connectivity index (χ4n) is 0.389. The highest BCUT2D eigenvalue weighted by Gasteiger charge is 2.04. The molecular formula is C7H8O3S. The van der Waals surface area contributed by atoms with Crippen molar-refractivity contribution in [3.63, 3.8) is 0 Å². The van der Waals surface area contributed by atoms with Crippen LogP contribution in [0.25, 0.3) is 0 Å². The largest absolute Gasteiger partial charge is 0.481 e. The molecule has 0 bridgehead atoms. The highest BCUT2D eigenvalue weighted by atomic mass is 32.2. The van der Waals surface area contributed by atoms with Gasteiger partial charge in [0.25, 0.3) is 0 Å². The number of aliphatic carboxylic acids is 1. The van der Waals surface area contributed by atoms with Gasteiger partial charge in [0.05, 0.1) is 5.75 Å². The van der Waals surface area contributed by atoms with Gasteiger partial charge in [0.2, 0.25) is 0 Å². The maximum atomic E-state index is 10.7. The molecule has 0 aliphatic rings. The van der Waals surface area contributed by atoms with E-state index < -0.39 is 5.97 Å². The van der Waals surface area contributed by atoms with Crippen LogP contribution in [0.2, 0.25) is 0 Å². The lowest BCUT2D eigenvalue weighted by molar-refractivity contribution is -0.134. The summed E-state index contributed by atoms with van der Waals surface area (Å²) in [4.78, 5) is 20.7. The molecule has 0 aromatic heterocycles. The van der Waals surface area contributed by atoms with Gasteiger partial charge in [-0.25, -0.2) is 0 Å². The van der Waals surface area contributed by atoms with Crippen molar-refractivity contribution < 1.29 is 14.7 Å². The number of hydrogen-bond acceptors (Lipinski definition) is 3. The second kappa shape index (κ2) is 5.81. The molecule has 0 aromatic carbocycles.